The van der Waals surface area contributed by atoms with Gasteiger partial charge in [-0.2, -0.15) is 0 Å². The smallest absolute Gasteiger partial charge is 0.315 e. The number of hydrogen-bond acceptors (Lipinski definition) is 5. The number of primary amides is 1. The van der Waals surface area contributed by atoms with Gasteiger partial charge in [0.05, 0.1) is 25.9 Å². The molecule has 114 valence electrons. The van der Waals surface area contributed by atoms with Gasteiger partial charge in [-0.15, -0.1) is 0 Å². The summed E-state index contributed by atoms with van der Waals surface area (Å²) in [5.41, 5.74) is 3.73. The molecule has 20 heavy (non-hydrogen) atoms. The van der Waals surface area contributed by atoms with E-state index in [9.17, 15) is 14.4 Å². The van der Waals surface area contributed by atoms with Crippen molar-refractivity contribution in [3.8, 4) is 0 Å². The topological polar surface area (TPSA) is 140 Å². The van der Waals surface area contributed by atoms with E-state index in [1.807, 2.05) is 0 Å². The fourth-order valence-corrected chi connectivity index (χ4v) is 1.70. The molecule has 9 heteroatoms. The Kier molecular flexibility index (Phi) is 5.71. The van der Waals surface area contributed by atoms with Gasteiger partial charge in [0.25, 0.3) is 0 Å². The van der Waals surface area contributed by atoms with Crippen molar-refractivity contribution < 1.29 is 29.0 Å². The Hall–Kier alpha value is -1.87. The highest BCUT2D eigenvalue weighted by Gasteiger charge is 2.47. The Morgan fingerprint density at radius 2 is 2.20 bits per heavy atom. The minimum absolute atomic E-state index is 0.0506. The molecule has 1 rings (SSSR count). The van der Waals surface area contributed by atoms with E-state index in [1.165, 1.54) is 6.92 Å². The maximum atomic E-state index is 11.6. The number of amides is 3. The van der Waals surface area contributed by atoms with Gasteiger partial charge in [0.1, 0.15) is 12.0 Å². The predicted molar refractivity (Wildman–Crippen MR) is 66.9 cm³/mol. The van der Waals surface area contributed by atoms with Crippen molar-refractivity contribution in [2.24, 2.45) is 11.1 Å². The largest absolute Gasteiger partial charge is 0.481 e. The third-order valence-corrected chi connectivity index (χ3v) is 3.03. The predicted octanol–water partition coefficient (Wildman–Crippen LogP) is -1.72. The number of ether oxygens (including phenoxy) is 2. The van der Waals surface area contributed by atoms with Gasteiger partial charge in [-0.1, -0.05) is 0 Å². The molecule has 0 spiro atoms. The van der Waals surface area contributed by atoms with Crippen molar-refractivity contribution >= 4 is 17.9 Å². The maximum absolute atomic E-state index is 11.6. The highest BCUT2D eigenvalue weighted by atomic mass is 16.5. The first-order valence-corrected chi connectivity index (χ1v) is 6.08. The van der Waals surface area contributed by atoms with Gasteiger partial charge < -0.3 is 30.9 Å². The van der Waals surface area contributed by atoms with Gasteiger partial charge in [0, 0.05) is 6.54 Å². The quantitative estimate of drug-likeness (QED) is 0.411. The molecule has 1 fully saturated rings. The van der Waals surface area contributed by atoms with Crippen molar-refractivity contribution in [1.82, 2.24) is 10.6 Å². The summed E-state index contributed by atoms with van der Waals surface area (Å²) in [6.45, 7) is 1.81. The average molecular weight is 289 g/mol. The molecule has 0 saturated carbocycles. The van der Waals surface area contributed by atoms with Crippen LogP contribution in [0.2, 0.25) is 0 Å². The second-order valence-electron chi connectivity index (χ2n) is 4.71. The molecular weight excluding hydrogens is 270 g/mol. The van der Waals surface area contributed by atoms with Gasteiger partial charge in [0.15, 0.2) is 0 Å². The van der Waals surface area contributed by atoms with E-state index in [0.29, 0.717) is 0 Å². The van der Waals surface area contributed by atoms with Gasteiger partial charge in [-0.3, -0.25) is 9.59 Å². The fourth-order valence-electron chi connectivity index (χ4n) is 1.70. The van der Waals surface area contributed by atoms with Crippen molar-refractivity contribution in [2.45, 2.75) is 13.0 Å². The molecule has 9 nitrogen and oxygen atoms in total. The molecule has 1 saturated heterocycles. The van der Waals surface area contributed by atoms with Crippen LogP contribution in [0.4, 0.5) is 4.79 Å². The van der Waals surface area contributed by atoms with Crippen LogP contribution in [-0.2, 0) is 19.1 Å². The number of carboxylic acid groups (broad SMARTS) is 1. The average Bonchev–Trinajstić information content (AvgIpc) is 2.71. The summed E-state index contributed by atoms with van der Waals surface area (Å²) in [7, 11) is 0. The van der Waals surface area contributed by atoms with E-state index in [4.69, 9.17) is 20.3 Å². The number of rotatable bonds is 7. The summed E-state index contributed by atoms with van der Waals surface area (Å²) in [5, 5.41) is 14.2. The van der Waals surface area contributed by atoms with Gasteiger partial charge >= 0.3 is 12.0 Å². The zero-order valence-electron chi connectivity index (χ0n) is 11.2. The van der Waals surface area contributed by atoms with Gasteiger partial charge in [0.2, 0.25) is 5.91 Å². The number of nitrogens with two attached hydrogens (primary N) is 1. The minimum atomic E-state index is -1.14. The Bertz CT molecular complexity index is 388. The maximum Gasteiger partial charge on any atom is 0.315 e. The first kappa shape index (κ1) is 16.2. The van der Waals surface area contributed by atoms with Gasteiger partial charge in [-0.25, -0.2) is 4.79 Å². The lowest BCUT2D eigenvalue weighted by molar-refractivity contribution is -0.148. The first-order chi connectivity index (χ1) is 9.36. The Morgan fingerprint density at radius 3 is 2.80 bits per heavy atom. The second kappa shape index (κ2) is 7.06. The molecule has 0 aromatic heterocycles. The van der Waals surface area contributed by atoms with Crippen LogP contribution in [0.3, 0.4) is 0 Å². The summed E-state index contributed by atoms with van der Waals surface area (Å²) in [4.78, 5) is 33.1. The number of carboxylic acids is 1. The third kappa shape index (κ3) is 4.35. The molecule has 2 atom stereocenters. The zero-order chi connectivity index (χ0) is 15.2. The van der Waals surface area contributed by atoms with Gasteiger partial charge in [-0.05, 0) is 6.92 Å². The lowest BCUT2D eigenvalue weighted by Crippen LogP contribution is -2.52. The highest BCUT2D eigenvalue weighted by molar-refractivity contribution is 5.79. The molecule has 1 aliphatic rings. The van der Waals surface area contributed by atoms with E-state index in [0.717, 1.165) is 0 Å². The molecule has 0 aliphatic carbocycles. The number of aliphatic carboxylic acids is 1. The number of carbonyl (C=O) groups is 3. The number of carbonyl (C=O) groups excluding carboxylic acids is 2. The van der Waals surface area contributed by atoms with Crippen molar-refractivity contribution in [3.63, 3.8) is 0 Å². The summed E-state index contributed by atoms with van der Waals surface area (Å²) in [6, 6.07) is -1.12. The van der Waals surface area contributed by atoms with Crippen LogP contribution in [0.5, 0.6) is 0 Å². The van der Waals surface area contributed by atoms with Crippen LogP contribution in [0.15, 0.2) is 0 Å². The van der Waals surface area contributed by atoms with E-state index in [-0.39, 0.29) is 33.0 Å². The van der Waals surface area contributed by atoms with Crippen molar-refractivity contribution in [3.05, 3.63) is 0 Å². The Labute approximate surface area is 115 Å². The van der Waals surface area contributed by atoms with E-state index >= 15 is 0 Å². The van der Waals surface area contributed by atoms with Crippen LogP contribution in [0, 0.1) is 5.41 Å². The molecule has 1 aliphatic heterocycles. The number of urea groups is 1. The highest BCUT2D eigenvalue weighted by Crippen LogP contribution is 2.28. The number of nitrogens with one attached hydrogen (secondary N) is 2. The van der Waals surface area contributed by atoms with Crippen molar-refractivity contribution in [2.75, 3.05) is 33.0 Å². The molecule has 0 aromatic carbocycles. The zero-order valence-corrected chi connectivity index (χ0v) is 11.2. The van der Waals surface area contributed by atoms with E-state index < -0.39 is 29.4 Å². The normalized spacial score (nSPS) is 25.1. The second-order valence-corrected chi connectivity index (χ2v) is 4.71. The molecule has 0 aromatic rings. The summed E-state index contributed by atoms with van der Waals surface area (Å²) in [5.74, 6) is -1.61. The molecule has 5 N–H and O–H groups in total. The molecule has 0 bridgehead atoms. The third-order valence-electron chi connectivity index (χ3n) is 3.03. The lowest BCUT2D eigenvalue weighted by atomic mass is 9.85. The number of hydrogen-bond donors (Lipinski definition) is 4. The van der Waals surface area contributed by atoms with Crippen LogP contribution >= 0.6 is 0 Å². The SMILES string of the molecule is CC1(C(=O)O)COCC1NC(=O)NCCOCC(N)=O. The van der Waals surface area contributed by atoms with Crippen LogP contribution in [-0.4, -0.2) is 62.0 Å². The Morgan fingerprint density at radius 1 is 1.50 bits per heavy atom. The van der Waals surface area contributed by atoms with Crippen molar-refractivity contribution in [1.29, 1.82) is 0 Å². The first-order valence-electron chi connectivity index (χ1n) is 6.08. The summed E-state index contributed by atoms with van der Waals surface area (Å²) in [6.07, 6.45) is 0. The van der Waals surface area contributed by atoms with Crippen LogP contribution < -0.4 is 16.4 Å². The lowest BCUT2D eigenvalue weighted by Gasteiger charge is -2.25. The summed E-state index contributed by atoms with van der Waals surface area (Å²) < 4.78 is 9.96. The molecule has 3 amide bonds. The molecule has 2 unspecified atom stereocenters. The minimum Gasteiger partial charge on any atom is -0.481 e. The Balaban J connectivity index is 2.28. The standard InChI is InChI=1S/C11H19N3O6/c1-11(9(16)17)6-20-4-7(11)14-10(18)13-2-3-19-5-8(12)15/h7H,2-6H2,1H3,(H2,12,15)(H,16,17)(H2,13,14,18). The summed E-state index contributed by atoms with van der Waals surface area (Å²) >= 11 is 0. The monoisotopic (exact) mass is 289 g/mol. The van der Waals surface area contributed by atoms with Crippen LogP contribution in [0.25, 0.3) is 0 Å². The molecular formula is C11H19N3O6. The molecule has 0 radical (unpaired) electrons. The van der Waals surface area contributed by atoms with E-state index in [1.54, 1.807) is 0 Å². The van der Waals surface area contributed by atoms with Crippen LogP contribution in [0.1, 0.15) is 6.92 Å². The van der Waals surface area contributed by atoms with E-state index in [2.05, 4.69) is 10.6 Å². The fraction of sp³-hybridized carbons (Fsp3) is 0.727. The molecule has 1 heterocycles.